The predicted octanol–water partition coefficient (Wildman–Crippen LogP) is 1.28. The van der Waals surface area contributed by atoms with E-state index in [0.717, 1.165) is 11.1 Å². The molecule has 1 amide bonds. The summed E-state index contributed by atoms with van der Waals surface area (Å²) in [6.45, 7) is 1.32. The molecule has 2 rings (SSSR count). The molecule has 1 aliphatic rings. The molecule has 1 atom stereocenters. The second kappa shape index (κ2) is 5.30. The molecule has 0 radical (unpaired) electrons. The molecule has 0 spiro atoms. The molecule has 0 fully saturated rings. The first-order valence-electron chi connectivity index (χ1n) is 6.20. The van der Waals surface area contributed by atoms with Gasteiger partial charge in [0.1, 0.15) is 0 Å². The first-order valence-corrected chi connectivity index (χ1v) is 6.20. The fourth-order valence-electron chi connectivity index (χ4n) is 2.17. The number of nitrogens with two attached hydrogens (primary N) is 1. The van der Waals surface area contributed by atoms with Gasteiger partial charge in [-0.05, 0) is 17.2 Å². The number of amides is 1. The Morgan fingerprint density at radius 3 is 2.45 bits per heavy atom. The normalized spacial score (nSPS) is 21.7. The third kappa shape index (κ3) is 2.62. The van der Waals surface area contributed by atoms with Gasteiger partial charge in [0, 0.05) is 19.0 Å². The van der Waals surface area contributed by atoms with Crippen LogP contribution in [0.3, 0.4) is 0 Å². The molecule has 1 aromatic rings. The van der Waals surface area contributed by atoms with E-state index in [-0.39, 0.29) is 18.0 Å². The second-order valence-electron chi connectivity index (χ2n) is 4.77. The van der Waals surface area contributed by atoms with E-state index in [1.165, 1.54) is 6.92 Å². The molecule has 0 aromatic heterocycles. The minimum Gasteiger partial charge on any atom is -0.480 e. The lowest BCUT2D eigenvalue weighted by atomic mass is 9.81. The van der Waals surface area contributed by atoms with E-state index >= 15 is 0 Å². The number of carboxylic acids is 1. The fraction of sp³-hybridized carbons (Fsp3) is 0.200. The van der Waals surface area contributed by atoms with Crippen molar-refractivity contribution >= 4 is 17.4 Å². The van der Waals surface area contributed by atoms with Crippen molar-refractivity contribution in [3.05, 3.63) is 53.7 Å². The van der Waals surface area contributed by atoms with Crippen molar-refractivity contribution in [1.82, 2.24) is 5.32 Å². The molecule has 104 valence electrons. The maximum Gasteiger partial charge on any atom is 0.330 e. The predicted molar refractivity (Wildman–Crippen MR) is 75.5 cm³/mol. The molecule has 0 bridgehead atoms. The SMILES string of the molecule is CC(=O)NC1=CC=C(c2ccccc2)CC1(N)C(=O)O. The Bertz CT molecular complexity index is 605. The average Bonchev–Trinajstić information content (AvgIpc) is 2.41. The van der Waals surface area contributed by atoms with Crippen molar-refractivity contribution < 1.29 is 14.7 Å². The van der Waals surface area contributed by atoms with Crippen molar-refractivity contribution in [1.29, 1.82) is 0 Å². The zero-order valence-electron chi connectivity index (χ0n) is 11.1. The summed E-state index contributed by atoms with van der Waals surface area (Å²) in [7, 11) is 0. The summed E-state index contributed by atoms with van der Waals surface area (Å²) in [6, 6.07) is 9.43. The molecular weight excluding hydrogens is 256 g/mol. The number of carbonyl (C=O) groups is 2. The van der Waals surface area contributed by atoms with Gasteiger partial charge in [0.05, 0.1) is 0 Å². The van der Waals surface area contributed by atoms with Crippen molar-refractivity contribution in [2.75, 3.05) is 0 Å². The van der Waals surface area contributed by atoms with Crippen molar-refractivity contribution in [3.8, 4) is 0 Å². The van der Waals surface area contributed by atoms with Gasteiger partial charge in [0.2, 0.25) is 5.91 Å². The molecule has 0 aliphatic heterocycles. The highest BCUT2D eigenvalue weighted by Crippen LogP contribution is 2.32. The molecule has 20 heavy (non-hydrogen) atoms. The molecule has 0 saturated carbocycles. The van der Waals surface area contributed by atoms with E-state index in [2.05, 4.69) is 5.32 Å². The highest BCUT2D eigenvalue weighted by Gasteiger charge is 2.41. The van der Waals surface area contributed by atoms with Gasteiger partial charge < -0.3 is 16.2 Å². The van der Waals surface area contributed by atoms with Gasteiger partial charge in [-0.1, -0.05) is 36.4 Å². The van der Waals surface area contributed by atoms with Crippen LogP contribution in [0.5, 0.6) is 0 Å². The number of hydrogen-bond acceptors (Lipinski definition) is 3. The van der Waals surface area contributed by atoms with Crippen molar-refractivity contribution in [2.45, 2.75) is 18.9 Å². The van der Waals surface area contributed by atoms with Gasteiger partial charge in [-0.2, -0.15) is 0 Å². The van der Waals surface area contributed by atoms with Crippen molar-refractivity contribution in [3.63, 3.8) is 0 Å². The van der Waals surface area contributed by atoms with Gasteiger partial charge in [-0.25, -0.2) is 4.79 Å². The molecular formula is C15H16N2O3. The lowest BCUT2D eigenvalue weighted by molar-refractivity contribution is -0.141. The second-order valence-corrected chi connectivity index (χ2v) is 4.77. The largest absolute Gasteiger partial charge is 0.480 e. The third-order valence-corrected chi connectivity index (χ3v) is 3.24. The molecule has 5 nitrogen and oxygen atoms in total. The van der Waals surface area contributed by atoms with E-state index in [1.807, 2.05) is 30.3 Å². The van der Waals surface area contributed by atoms with Gasteiger partial charge in [-0.3, -0.25) is 4.79 Å². The number of allylic oxidation sites excluding steroid dienone is 2. The molecule has 1 aromatic carbocycles. The summed E-state index contributed by atoms with van der Waals surface area (Å²) in [5.41, 5.74) is 6.33. The third-order valence-electron chi connectivity index (χ3n) is 3.24. The quantitative estimate of drug-likeness (QED) is 0.772. The van der Waals surface area contributed by atoms with E-state index in [9.17, 15) is 14.7 Å². The van der Waals surface area contributed by atoms with Crippen LogP contribution in [0.25, 0.3) is 5.57 Å². The lowest BCUT2D eigenvalue weighted by Gasteiger charge is -2.31. The Kier molecular flexibility index (Phi) is 3.72. The van der Waals surface area contributed by atoms with Gasteiger partial charge >= 0.3 is 5.97 Å². The Hall–Kier alpha value is -2.40. The summed E-state index contributed by atoms with van der Waals surface area (Å²) in [5, 5.41) is 11.9. The summed E-state index contributed by atoms with van der Waals surface area (Å²) >= 11 is 0. The number of aliphatic carboxylic acids is 1. The summed E-state index contributed by atoms with van der Waals surface area (Å²) in [4.78, 5) is 22.7. The molecule has 0 saturated heterocycles. The number of benzene rings is 1. The monoisotopic (exact) mass is 272 g/mol. The molecule has 4 N–H and O–H groups in total. The first-order chi connectivity index (χ1) is 9.43. The molecule has 1 aliphatic carbocycles. The van der Waals surface area contributed by atoms with E-state index in [4.69, 9.17) is 5.73 Å². The average molecular weight is 272 g/mol. The van der Waals surface area contributed by atoms with Gasteiger partial charge in [0.25, 0.3) is 0 Å². The van der Waals surface area contributed by atoms with Crippen LogP contribution in [0.15, 0.2) is 48.2 Å². The number of carbonyl (C=O) groups excluding carboxylic acids is 1. The minimum atomic E-state index is -1.62. The number of nitrogens with one attached hydrogen (secondary N) is 1. The topological polar surface area (TPSA) is 92.4 Å². The molecule has 5 heteroatoms. The van der Waals surface area contributed by atoms with Crippen LogP contribution in [-0.2, 0) is 9.59 Å². The van der Waals surface area contributed by atoms with Crippen LogP contribution in [0.2, 0.25) is 0 Å². The standard InChI is InChI=1S/C15H16N2O3/c1-10(18)17-13-8-7-12(9-15(13,16)14(19)20)11-5-3-2-4-6-11/h2-8H,9,16H2,1H3,(H,17,18)(H,19,20). The van der Waals surface area contributed by atoms with Crippen LogP contribution in [0.1, 0.15) is 18.9 Å². The van der Waals surface area contributed by atoms with Crippen LogP contribution in [0, 0.1) is 0 Å². The Balaban J connectivity index is 2.41. The smallest absolute Gasteiger partial charge is 0.330 e. The zero-order valence-corrected chi connectivity index (χ0v) is 11.1. The van der Waals surface area contributed by atoms with Crippen LogP contribution in [0.4, 0.5) is 0 Å². The number of carboxylic acid groups (broad SMARTS) is 1. The minimum absolute atomic E-state index is 0.123. The van der Waals surface area contributed by atoms with Crippen LogP contribution >= 0.6 is 0 Å². The number of hydrogen-bond donors (Lipinski definition) is 3. The first kappa shape index (κ1) is 14.0. The maximum absolute atomic E-state index is 11.5. The Morgan fingerprint density at radius 2 is 1.90 bits per heavy atom. The maximum atomic E-state index is 11.5. The highest BCUT2D eigenvalue weighted by molar-refractivity contribution is 5.90. The Morgan fingerprint density at radius 1 is 1.25 bits per heavy atom. The van der Waals surface area contributed by atoms with E-state index in [1.54, 1.807) is 12.2 Å². The van der Waals surface area contributed by atoms with E-state index in [0.29, 0.717) is 0 Å². The number of rotatable bonds is 3. The summed E-state index contributed by atoms with van der Waals surface area (Å²) in [6.07, 6.45) is 3.47. The van der Waals surface area contributed by atoms with Crippen molar-refractivity contribution in [2.24, 2.45) is 5.73 Å². The summed E-state index contributed by atoms with van der Waals surface area (Å²) < 4.78 is 0. The fourth-order valence-corrected chi connectivity index (χ4v) is 2.17. The summed E-state index contributed by atoms with van der Waals surface area (Å²) in [5.74, 6) is -1.51. The molecule has 0 heterocycles. The van der Waals surface area contributed by atoms with Crippen LogP contribution in [-0.4, -0.2) is 22.5 Å². The lowest BCUT2D eigenvalue weighted by Crippen LogP contribution is -2.54. The Labute approximate surface area is 116 Å². The zero-order chi connectivity index (χ0) is 14.8. The van der Waals surface area contributed by atoms with Gasteiger partial charge in [0.15, 0.2) is 5.54 Å². The van der Waals surface area contributed by atoms with Crippen LogP contribution < -0.4 is 11.1 Å². The van der Waals surface area contributed by atoms with Gasteiger partial charge in [-0.15, -0.1) is 0 Å². The molecule has 1 unspecified atom stereocenters. The highest BCUT2D eigenvalue weighted by atomic mass is 16.4. The van der Waals surface area contributed by atoms with E-state index < -0.39 is 11.5 Å².